The maximum Gasteiger partial charge on any atom is 0.335 e. The second kappa shape index (κ2) is 13.3. The first kappa shape index (κ1) is 19.4. The molecule has 5 nitrogen and oxygen atoms in total. The number of ether oxygens (including phenoxy) is 1. The van der Waals surface area contributed by atoms with Gasteiger partial charge in [-0.2, -0.15) is 0 Å². The fourth-order valence-electron chi connectivity index (χ4n) is 1.96. The minimum atomic E-state index is -1.16. The number of unbranched alkanes of at least 4 members (excludes halogenated alkanes) is 7. The summed E-state index contributed by atoms with van der Waals surface area (Å²) in [4.78, 5) is 11.4. The molecule has 0 aliphatic rings. The lowest BCUT2D eigenvalue weighted by atomic mass is 10.1. The lowest BCUT2D eigenvalue weighted by molar-refractivity contribution is -0.163. The molecule has 3 N–H and O–H groups in total. The standard InChI is InChI=1S/C15H30O5/c1-2-3-4-5-6-7-8-9-10-14(18)15(19)20-13(11-16)12-17/h13-14,16-18H,2-12H2,1H3. The molecule has 0 aliphatic heterocycles. The van der Waals surface area contributed by atoms with E-state index in [1.807, 2.05) is 0 Å². The third kappa shape index (κ3) is 10.2. The number of aliphatic hydroxyl groups excluding tert-OH is 3. The first-order valence-electron chi connectivity index (χ1n) is 7.76. The number of carbonyl (C=O) groups excluding carboxylic acids is 1. The fourth-order valence-corrected chi connectivity index (χ4v) is 1.96. The van der Waals surface area contributed by atoms with E-state index in [-0.39, 0.29) is 0 Å². The molecule has 0 aliphatic carbocycles. The number of aliphatic hydroxyl groups is 3. The zero-order valence-corrected chi connectivity index (χ0v) is 12.6. The van der Waals surface area contributed by atoms with Crippen molar-refractivity contribution in [2.24, 2.45) is 0 Å². The third-order valence-corrected chi connectivity index (χ3v) is 3.29. The molecule has 0 radical (unpaired) electrons. The van der Waals surface area contributed by atoms with Crippen molar-refractivity contribution in [2.75, 3.05) is 13.2 Å². The van der Waals surface area contributed by atoms with Crippen molar-refractivity contribution < 1.29 is 24.9 Å². The van der Waals surface area contributed by atoms with Crippen LogP contribution in [0.2, 0.25) is 0 Å². The maximum absolute atomic E-state index is 11.4. The highest BCUT2D eigenvalue weighted by molar-refractivity contribution is 5.74. The molecule has 0 saturated heterocycles. The number of rotatable bonds is 13. The maximum atomic E-state index is 11.4. The summed E-state index contributed by atoms with van der Waals surface area (Å²) >= 11 is 0. The zero-order chi connectivity index (χ0) is 15.2. The summed E-state index contributed by atoms with van der Waals surface area (Å²) in [7, 11) is 0. The minimum Gasteiger partial charge on any atom is -0.456 e. The molecule has 0 heterocycles. The van der Waals surface area contributed by atoms with Gasteiger partial charge in [-0.3, -0.25) is 0 Å². The lowest BCUT2D eigenvalue weighted by Crippen LogP contribution is -2.32. The van der Waals surface area contributed by atoms with E-state index in [0.717, 1.165) is 19.3 Å². The van der Waals surface area contributed by atoms with E-state index in [4.69, 9.17) is 14.9 Å². The van der Waals surface area contributed by atoms with Gasteiger partial charge >= 0.3 is 5.97 Å². The summed E-state index contributed by atoms with van der Waals surface area (Å²) in [5, 5.41) is 27.1. The van der Waals surface area contributed by atoms with Gasteiger partial charge in [-0.1, -0.05) is 58.3 Å². The lowest BCUT2D eigenvalue weighted by Gasteiger charge is -2.15. The molecular formula is C15H30O5. The van der Waals surface area contributed by atoms with Crippen LogP contribution in [0.15, 0.2) is 0 Å². The molecule has 20 heavy (non-hydrogen) atoms. The van der Waals surface area contributed by atoms with Crippen LogP contribution in [-0.2, 0) is 9.53 Å². The summed E-state index contributed by atoms with van der Waals surface area (Å²) in [5.74, 6) is -0.763. The summed E-state index contributed by atoms with van der Waals surface area (Å²) in [5.41, 5.74) is 0. The van der Waals surface area contributed by atoms with Crippen LogP contribution in [0.1, 0.15) is 64.7 Å². The minimum absolute atomic E-state index is 0.372. The average molecular weight is 290 g/mol. The third-order valence-electron chi connectivity index (χ3n) is 3.29. The van der Waals surface area contributed by atoms with Crippen molar-refractivity contribution in [1.82, 2.24) is 0 Å². The van der Waals surface area contributed by atoms with Crippen molar-refractivity contribution in [3.8, 4) is 0 Å². The number of hydrogen-bond donors (Lipinski definition) is 3. The molecule has 0 spiro atoms. The summed E-state index contributed by atoms with van der Waals surface area (Å²) < 4.78 is 4.74. The first-order valence-corrected chi connectivity index (χ1v) is 7.76. The summed E-state index contributed by atoms with van der Waals surface area (Å²) in [6.45, 7) is 1.32. The van der Waals surface area contributed by atoms with Gasteiger partial charge in [0.25, 0.3) is 0 Å². The average Bonchev–Trinajstić information content (AvgIpc) is 2.46. The number of esters is 1. The Morgan fingerprint density at radius 2 is 1.45 bits per heavy atom. The van der Waals surface area contributed by atoms with Crippen LogP contribution in [0.25, 0.3) is 0 Å². The highest BCUT2D eigenvalue weighted by atomic mass is 16.6. The van der Waals surface area contributed by atoms with Gasteiger partial charge in [0.05, 0.1) is 13.2 Å². The molecule has 0 rings (SSSR count). The highest BCUT2D eigenvalue weighted by Crippen LogP contribution is 2.11. The SMILES string of the molecule is CCCCCCCCCCC(O)C(=O)OC(CO)CO. The van der Waals surface area contributed by atoms with Crippen LogP contribution < -0.4 is 0 Å². The van der Waals surface area contributed by atoms with Gasteiger partial charge in [-0.25, -0.2) is 4.79 Å². The topological polar surface area (TPSA) is 87.0 Å². The van der Waals surface area contributed by atoms with Gasteiger partial charge in [0.15, 0.2) is 6.10 Å². The van der Waals surface area contributed by atoms with Crippen LogP contribution >= 0.6 is 0 Å². The Bertz CT molecular complexity index is 228. The van der Waals surface area contributed by atoms with Crippen LogP contribution in [-0.4, -0.2) is 46.7 Å². The fraction of sp³-hybridized carbons (Fsp3) is 0.933. The number of hydrogen-bond acceptors (Lipinski definition) is 5. The molecule has 0 aromatic rings. The smallest absolute Gasteiger partial charge is 0.335 e. The molecular weight excluding hydrogens is 260 g/mol. The van der Waals surface area contributed by atoms with Gasteiger partial charge < -0.3 is 20.1 Å². The monoisotopic (exact) mass is 290 g/mol. The van der Waals surface area contributed by atoms with E-state index < -0.39 is 31.4 Å². The van der Waals surface area contributed by atoms with Crippen LogP contribution in [0, 0.1) is 0 Å². The molecule has 0 aromatic carbocycles. The van der Waals surface area contributed by atoms with Crippen molar-refractivity contribution in [2.45, 2.75) is 76.9 Å². The largest absolute Gasteiger partial charge is 0.456 e. The van der Waals surface area contributed by atoms with E-state index in [2.05, 4.69) is 6.92 Å². The quantitative estimate of drug-likeness (QED) is 0.355. The van der Waals surface area contributed by atoms with E-state index >= 15 is 0 Å². The Labute approximate surface area is 122 Å². The second-order valence-corrected chi connectivity index (χ2v) is 5.20. The van der Waals surface area contributed by atoms with Crippen molar-refractivity contribution in [3.63, 3.8) is 0 Å². The van der Waals surface area contributed by atoms with Crippen LogP contribution in [0.3, 0.4) is 0 Å². The molecule has 1 atom stereocenters. The van der Waals surface area contributed by atoms with Gasteiger partial charge in [0.2, 0.25) is 0 Å². The Morgan fingerprint density at radius 1 is 0.950 bits per heavy atom. The predicted molar refractivity (Wildman–Crippen MR) is 77.3 cm³/mol. The molecule has 1 unspecified atom stereocenters. The Kier molecular flexibility index (Phi) is 12.9. The van der Waals surface area contributed by atoms with Gasteiger partial charge in [-0.05, 0) is 6.42 Å². The molecule has 0 fully saturated rings. The molecule has 0 aromatic heterocycles. The van der Waals surface area contributed by atoms with Crippen molar-refractivity contribution in [1.29, 1.82) is 0 Å². The Balaban J connectivity index is 3.52. The highest BCUT2D eigenvalue weighted by Gasteiger charge is 2.20. The van der Waals surface area contributed by atoms with Gasteiger partial charge in [0.1, 0.15) is 6.10 Å². The van der Waals surface area contributed by atoms with Gasteiger partial charge in [-0.15, -0.1) is 0 Å². The molecule has 0 bridgehead atoms. The normalized spacial score (nSPS) is 12.7. The predicted octanol–water partition coefficient (Wildman–Crippen LogP) is 1.77. The van der Waals surface area contributed by atoms with Crippen molar-refractivity contribution in [3.05, 3.63) is 0 Å². The van der Waals surface area contributed by atoms with E-state index in [9.17, 15) is 9.90 Å². The second-order valence-electron chi connectivity index (χ2n) is 5.20. The Hall–Kier alpha value is -0.650. The van der Waals surface area contributed by atoms with Crippen LogP contribution in [0.5, 0.6) is 0 Å². The molecule has 0 saturated carbocycles. The van der Waals surface area contributed by atoms with Crippen molar-refractivity contribution >= 4 is 5.97 Å². The van der Waals surface area contributed by atoms with E-state index in [1.54, 1.807) is 0 Å². The van der Waals surface area contributed by atoms with Crippen LogP contribution in [0.4, 0.5) is 0 Å². The summed E-state index contributed by atoms with van der Waals surface area (Å²) in [6.07, 6.45) is 7.48. The van der Waals surface area contributed by atoms with Gasteiger partial charge in [0, 0.05) is 0 Å². The molecule has 0 amide bonds. The Morgan fingerprint density at radius 3 is 1.95 bits per heavy atom. The number of carbonyl (C=O) groups is 1. The molecule has 5 heteroatoms. The van der Waals surface area contributed by atoms with E-state index in [1.165, 1.54) is 32.1 Å². The summed E-state index contributed by atoms with van der Waals surface area (Å²) in [6, 6.07) is 0. The first-order chi connectivity index (χ1) is 9.65. The van der Waals surface area contributed by atoms with E-state index in [0.29, 0.717) is 6.42 Å². The molecule has 120 valence electrons. The zero-order valence-electron chi connectivity index (χ0n) is 12.6.